The summed E-state index contributed by atoms with van der Waals surface area (Å²) in [6, 6.07) is 14.6. The predicted molar refractivity (Wildman–Crippen MR) is 170 cm³/mol. The number of aromatic nitrogens is 1. The number of hydrogen-bond acceptors (Lipinski definition) is 4. The number of esters is 1. The standard InChI is InChI=1S/C37H54N2O2/c1-3-5-7-9-11-13-15-17-31-18-23-35(39-29-31)32-19-21-34(22-20-32)41-36(40)33-24-27-37(30-38,28-25-33)26-16-14-12-10-8-6-4-2/h18-23,29,33H,3-17,24-28H2,1-2H3/t33-,37-. The molecule has 41 heavy (non-hydrogen) atoms. The molecule has 0 saturated heterocycles. The van der Waals surface area contributed by atoms with E-state index in [2.05, 4.69) is 37.0 Å². The first-order chi connectivity index (χ1) is 20.1. The summed E-state index contributed by atoms with van der Waals surface area (Å²) in [7, 11) is 0. The second kappa shape index (κ2) is 18.7. The summed E-state index contributed by atoms with van der Waals surface area (Å²) >= 11 is 0. The van der Waals surface area contributed by atoms with E-state index in [9.17, 15) is 10.1 Å². The molecule has 3 rings (SSSR count). The third kappa shape index (κ3) is 11.6. The molecule has 1 fully saturated rings. The zero-order valence-electron chi connectivity index (χ0n) is 26.0. The fourth-order valence-electron chi connectivity index (χ4n) is 6.17. The molecule has 4 nitrogen and oxygen atoms in total. The van der Waals surface area contributed by atoms with Crippen molar-refractivity contribution in [3.63, 3.8) is 0 Å². The Morgan fingerprint density at radius 2 is 1.41 bits per heavy atom. The third-order valence-electron chi connectivity index (χ3n) is 9.03. The first-order valence-corrected chi connectivity index (χ1v) is 16.8. The van der Waals surface area contributed by atoms with Gasteiger partial charge in [0, 0.05) is 11.8 Å². The lowest BCUT2D eigenvalue weighted by atomic mass is 9.69. The fraction of sp³-hybridized carbons (Fsp3) is 0.649. The lowest BCUT2D eigenvalue weighted by Gasteiger charge is -2.34. The highest BCUT2D eigenvalue weighted by Gasteiger charge is 2.38. The van der Waals surface area contributed by atoms with E-state index in [0.29, 0.717) is 5.75 Å². The van der Waals surface area contributed by atoms with Gasteiger partial charge in [-0.25, -0.2) is 0 Å². The van der Waals surface area contributed by atoms with Crippen LogP contribution in [0.25, 0.3) is 11.3 Å². The minimum Gasteiger partial charge on any atom is -0.426 e. The van der Waals surface area contributed by atoms with Crippen LogP contribution in [-0.2, 0) is 11.2 Å². The molecule has 1 aromatic carbocycles. The topological polar surface area (TPSA) is 63.0 Å². The van der Waals surface area contributed by atoms with Gasteiger partial charge in [-0.05, 0) is 80.8 Å². The minimum absolute atomic E-state index is 0.115. The maximum absolute atomic E-state index is 12.9. The van der Waals surface area contributed by atoms with Crippen molar-refractivity contribution >= 4 is 5.97 Å². The van der Waals surface area contributed by atoms with Gasteiger partial charge in [-0.1, -0.05) is 103 Å². The monoisotopic (exact) mass is 558 g/mol. The Kier molecular flexibility index (Phi) is 15.0. The molecule has 0 radical (unpaired) electrons. The van der Waals surface area contributed by atoms with Gasteiger partial charge < -0.3 is 4.74 Å². The average Bonchev–Trinajstić information content (AvgIpc) is 3.01. The van der Waals surface area contributed by atoms with E-state index in [-0.39, 0.29) is 17.3 Å². The second-order valence-corrected chi connectivity index (χ2v) is 12.4. The molecule has 2 aromatic rings. The van der Waals surface area contributed by atoms with Crippen LogP contribution in [0, 0.1) is 22.7 Å². The molecule has 224 valence electrons. The Bertz CT molecular complexity index is 1030. The summed E-state index contributed by atoms with van der Waals surface area (Å²) in [5, 5.41) is 9.92. The van der Waals surface area contributed by atoms with Crippen molar-refractivity contribution < 1.29 is 9.53 Å². The number of nitriles is 1. The summed E-state index contributed by atoms with van der Waals surface area (Å²) < 4.78 is 5.75. The Labute approximate surface area is 250 Å². The Morgan fingerprint density at radius 1 is 0.829 bits per heavy atom. The van der Waals surface area contributed by atoms with E-state index in [0.717, 1.165) is 56.2 Å². The van der Waals surface area contributed by atoms with Crippen molar-refractivity contribution in [2.45, 2.75) is 142 Å². The molecule has 0 unspecified atom stereocenters. The molecule has 1 aliphatic rings. The highest BCUT2D eigenvalue weighted by molar-refractivity contribution is 5.75. The van der Waals surface area contributed by atoms with Gasteiger partial charge in [0.1, 0.15) is 5.75 Å². The van der Waals surface area contributed by atoms with Crippen molar-refractivity contribution in [1.29, 1.82) is 5.26 Å². The largest absolute Gasteiger partial charge is 0.426 e. The van der Waals surface area contributed by atoms with E-state index < -0.39 is 0 Å². The van der Waals surface area contributed by atoms with Gasteiger partial charge in [0.25, 0.3) is 0 Å². The highest BCUT2D eigenvalue weighted by Crippen LogP contribution is 2.43. The Balaban J connectivity index is 1.38. The van der Waals surface area contributed by atoms with Gasteiger partial charge >= 0.3 is 5.97 Å². The lowest BCUT2D eigenvalue weighted by molar-refractivity contribution is -0.140. The van der Waals surface area contributed by atoms with Crippen LogP contribution < -0.4 is 4.74 Å². The fourth-order valence-corrected chi connectivity index (χ4v) is 6.17. The third-order valence-corrected chi connectivity index (χ3v) is 9.03. The first-order valence-electron chi connectivity index (χ1n) is 16.8. The van der Waals surface area contributed by atoms with Crippen LogP contribution in [0.2, 0.25) is 0 Å². The maximum atomic E-state index is 12.9. The summed E-state index contributed by atoms with van der Waals surface area (Å²) in [5.41, 5.74) is 3.00. The number of ether oxygens (including phenoxy) is 1. The molecule has 0 atom stereocenters. The van der Waals surface area contributed by atoms with Crippen molar-refractivity contribution in [3.05, 3.63) is 48.2 Å². The number of benzene rings is 1. The number of carbonyl (C=O) groups is 1. The number of nitrogens with zero attached hydrogens (tertiary/aromatic N) is 2. The molecule has 1 aliphatic carbocycles. The van der Waals surface area contributed by atoms with Gasteiger partial charge in [-0.3, -0.25) is 9.78 Å². The van der Waals surface area contributed by atoms with E-state index in [1.807, 2.05) is 30.5 Å². The SMILES string of the molecule is CCCCCCCCCc1ccc(-c2ccc(OC(=O)[C@H]3CC[C@@](C#N)(CCCCCCCCC)CC3)cc2)nc1. The van der Waals surface area contributed by atoms with Crippen LogP contribution in [0.3, 0.4) is 0 Å². The quantitative estimate of drug-likeness (QED) is 0.0977. The van der Waals surface area contributed by atoms with Crippen molar-refractivity contribution in [2.24, 2.45) is 11.3 Å². The molecule has 0 amide bonds. The number of pyridine rings is 1. The number of aryl methyl sites for hydroxylation is 1. The van der Waals surface area contributed by atoms with Gasteiger partial charge in [0.15, 0.2) is 0 Å². The summed E-state index contributed by atoms with van der Waals surface area (Å²) in [6.45, 7) is 4.50. The minimum atomic E-state index is -0.251. The van der Waals surface area contributed by atoms with Crippen molar-refractivity contribution in [1.82, 2.24) is 4.98 Å². The van der Waals surface area contributed by atoms with Crippen molar-refractivity contribution in [3.8, 4) is 23.1 Å². The normalized spacial score (nSPS) is 18.6. The zero-order chi connectivity index (χ0) is 29.2. The van der Waals surface area contributed by atoms with Crippen LogP contribution in [0.5, 0.6) is 5.75 Å². The molecule has 0 N–H and O–H groups in total. The number of unbranched alkanes of at least 4 members (excludes halogenated alkanes) is 12. The maximum Gasteiger partial charge on any atom is 0.314 e. The van der Waals surface area contributed by atoms with Crippen LogP contribution in [0.4, 0.5) is 0 Å². The van der Waals surface area contributed by atoms with E-state index in [1.54, 1.807) is 0 Å². The predicted octanol–water partition coefficient (Wildman–Crippen LogP) is 10.8. The van der Waals surface area contributed by atoms with Gasteiger partial charge in [0.05, 0.1) is 23.1 Å². The first kappa shape index (κ1) is 32.8. The van der Waals surface area contributed by atoms with Crippen molar-refractivity contribution in [2.75, 3.05) is 0 Å². The second-order valence-electron chi connectivity index (χ2n) is 12.4. The Hall–Kier alpha value is -2.67. The Morgan fingerprint density at radius 3 is 1.98 bits per heavy atom. The van der Waals surface area contributed by atoms with Gasteiger partial charge in [-0.15, -0.1) is 0 Å². The zero-order valence-corrected chi connectivity index (χ0v) is 26.0. The molecule has 0 bridgehead atoms. The van der Waals surface area contributed by atoms with Crippen LogP contribution >= 0.6 is 0 Å². The van der Waals surface area contributed by atoms with E-state index >= 15 is 0 Å². The molecule has 1 heterocycles. The molecular weight excluding hydrogens is 504 g/mol. The molecular formula is C37H54N2O2. The molecule has 4 heteroatoms. The van der Waals surface area contributed by atoms with E-state index in [1.165, 1.54) is 89.0 Å². The smallest absolute Gasteiger partial charge is 0.314 e. The molecule has 1 aromatic heterocycles. The highest BCUT2D eigenvalue weighted by atomic mass is 16.5. The van der Waals surface area contributed by atoms with Crippen LogP contribution in [0.15, 0.2) is 42.6 Å². The summed E-state index contributed by atoms with van der Waals surface area (Å²) in [6.07, 6.45) is 25.3. The molecule has 0 aliphatic heterocycles. The molecule has 0 spiro atoms. The molecule has 1 saturated carbocycles. The average molecular weight is 559 g/mol. The van der Waals surface area contributed by atoms with Crippen LogP contribution in [0.1, 0.15) is 141 Å². The lowest BCUT2D eigenvalue weighted by Crippen LogP contribution is -2.31. The number of rotatable bonds is 19. The van der Waals surface area contributed by atoms with Crippen LogP contribution in [-0.4, -0.2) is 11.0 Å². The number of carbonyl (C=O) groups excluding carboxylic acids is 1. The van der Waals surface area contributed by atoms with E-state index in [4.69, 9.17) is 4.74 Å². The summed E-state index contributed by atoms with van der Waals surface area (Å²) in [5.74, 6) is 0.304. The summed E-state index contributed by atoms with van der Waals surface area (Å²) in [4.78, 5) is 17.6. The van der Waals surface area contributed by atoms with Gasteiger partial charge in [0.2, 0.25) is 0 Å². The number of hydrogen-bond donors (Lipinski definition) is 0. The van der Waals surface area contributed by atoms with Gasteiger partial charge in [-0.2, -0.15) is 5.26 Å².